The van der Waals surface area contributed by atoms with E-state index in [4.69, 9.17) is 20.2 Å². The molecule has 3 saturated heterocycles. The number of pyridine rings is 2. The summed E-state index contributed by atoms with van der Waals surface area (Å²) in [6.07, 6.45) is 1.74. The number of aliphatic hydroxyl groups is 1. The van der Waals surface area contributed by atoms with E-state index in [-0.39, 0.29) is 25.0 Å². The predicted molar refractivity (Wildman–Crippen MR) is 307 cm³/mol. The minimum absolute atomic E-state index is 0. The van der Waals surface area contributed by atoms with E-state index in [1.807, 2.05) is 32.9 Å². The second-order valence-corrected chi connectivity index (χ2v) is 21.5. The first kappa shape index (κ1) is 55.2. The van der Waals surface area contributed by atoms with Crippen LogP contribution in [-0.4, -0.2) is 142 Å². The number of nitrogens with one attached hydrogen (secondary N) is 1. The van der Waals surface area contributed by atoms with Gasteiger partial charge in [-0.3, -0.25) is 9.69 Å². The van der Waals surface area contributed by atoms with Crippen molar-refractivity contribution >= 4 is 72.6 Å². The Morgan fingerprint density at radius 2 is 1.15 bits per heavy atom. The summed E-state index contributed by atoms with van der Waals surface area (Å²) >= 11 is 2.64. The number of carbonyl (C=O) groups is 1. The highest BCUT2D eigenvalue weighted by Gasteiger charge is 2.29. The normalized spacial score (nSPS) is 15.7. The number of rotatable bonds is 12. The minimum atomic E-state index is -0.402. The molecule has 3 fully saturated rings. The van der Waals surface area contributed by atoms with Crippen molar-refractivity contribution < 1.29 is 18.7 Å². The summed E-state index contributed by atoms with van der Waals surface area (Å²) in [5.41, 5.74) is 12.7. The first-order valence-electron chi connectivity index (χ1n) is 26.0. The maximum Gasteiger partial charge on any atom is 0.236 e. The van der Waals surface area contributed by atoms with E-state index in [9.17, 15) is 29.2 Å². The SMILES string of the molecule is C.CCc1nn2c(C)cc(N3CCN(CC(=O)N4CC[C@H](O)C4)CC3)cc2c1N(C)c1nc(-c2ccc(F)cc2)c(C#N)s1.CCc1nn2c(C)cc(N3CCNCC3)cc2c1N(C)c1nc(-c2ccc(F)cc2)c(C#N)s1. The number of anilines is 6. The number of halogens is 2. The molecule has 0 saturated carbocycles. The zero-order chi connectivity index (χ0) is 54.1. The van der Waals surface area contributed by atoms with Crippen LogP contribution in [0.4, 0.5) is 41.8 Å². The van der Waals surface area contributed by atoms with Gasteiger partial charge in [-0.1, -0.05) is 43.9 Å². The van der Waals surface area contributed by atoms with Crippen LogP contribution in [0.1, 0.15) is 60.2 Å². The number of aryl methyl sites for hydroxylation is 4. The fourth-order valence-electron chi connectivity index (χ4n) is 10.4. The molecule has 1 atom stereocenters. The van der Waals surface area contributed by atoms with Crippen LogP contribution < -0.4 is 24.9 Å². The molecule has 0 spiro atoms. The number of aromatic nitrogens is 6. The van der Waals surface area contributed by atoms with Gasteiger partial charge in [-0.25, -0.2) is 27.8 Å². The molecule has 1 amide bonds. The number of aliphatic hydroxyl groups excluding tert-OH is 1. The summed E-state index contributed by atoms with van der Waals surface area (Å²) in [6, 6.07) is 25.4. The summed E-state index contributed by atoms with van der Waals surface area (Å²) < 4.78 is 30.9. The van der Waals surface area contributed by atoms with Gasteiger partial charge in [0, 0.05) is 113 Å². The van der Waals surface area contributed by atoms with Crippen LogP contribution in [0.2, 0.25) is 0 Å². The van der Waals surface area contributed by atoms with Gasteiger partial charge in [0.05, 0.1) is 46.4 Å². The number of nitrogens with zero attached hydrogens (tertiary/aromatic N) is 14. The fourth-order valence-corrected chi connectivity index (χ4v) is 12.1. The maximum absolute atomic E-state index is 13.5. The fraction of sp³-hybridized carbons (Fsp3) is 0.386. The van der Waals surface area contributed by atoms with E-state index in [1.54, 1.807) is 29.2 Å². The molecule has 9 heterocycles. The third-order valence-corrected chi connectivity index (χ3v) is 16.6. The molecule has 78 heavy (non-hydrogen) atoms. The molecule has 8 aromatic rings. The van der Waals surface area contributed by atoms with Gasteiger partial charge in [0.15, 0.2) is 10.3 Å². The Bertz CT molecular complexity index is 3530. The number of hydrogen-bond donors (Lipinski definition) is 2. The van der Waals surface area contributed by atoms with E-state index in [1.165, 1.54) is 52.6 Å². The molecule has 0 bridgehead atoms. The summed E-state index contributed by atoms with van der Waals surface area (Å²) in [7, 11) is 3.92. The summed E-state index contributed by atoms with van der Waals surface area (Å²) in [5, 5.41) is 44.0. The lowest BCUT2D eigenvalue weighted by Crippen LogP contribution is -2.50. The molecule has 0 radical (unpaired) electrons. The Morgan fingerprint density at radius 1 is 0.705 bits per heavy atom. The molecule has 3 aliphatic rings. The van der Waals surface area contributed by atoms with Gasteiger partial charge in [-0.15, -0.1) is 0 Å². The van der Waals surface area contributed by atoms with Gasteiger partial charge < -0.3 is 34.9 Å². The van der Waals surface area contributed by atoms with Crippen LogP contribution in [0.25, 0.3) is 33.5 Å². The highest BCUT2D eigenvalue weighted by Crippen LogP contribution is 2.41. The Morgan fingerprint density at radius 3 is 1.56 bits per heavy atom. The average Bonchev–Trinajstić information content (AvgIpc) is 4.44. The van der Waals surface area contributed by atoms with Crippen molar-refractivity contribution in [2.75, 3.05) is 106 Å². The van der Waals surface area contributed by atoms with Crippen molar-refractivity contribution in [3.63, 3.8) is 0 Å². The van der Waals surface area contributed by atoms with Crippen molar-refractivity contribution in [3.05, 3.63) is 117 Å². The van der Waals surface area contributed by atoms with E-state index in [0.29, 0.717) is 63.0 Å². The summed E-state index contributed by atoms with van der Waals surface area (Å²) in [6.45, 7) is 16.8. The van der Waals surface area contributed by atoms with E-state index in [0.717, 1.165) is 122 Å². The standard InChI is InChI=1S/C31H35FN8O2S.C25H26FN7S.CH4/c1-4-25-30(36(3)31-34-29(27(17-33)43-31)21-5-7-22(32)8-6-21)26-16-23(15-20(2)40(26)35-25)38-13-11-37(12-14-38)19-28(42)39-10-9-24(41)18-39;1-4-20-24(21-14-19(13-16(2)33(21)30-20)32-11-9-28-10-12-32)31(3)25-29-23(22(15-27)34-25)17-5-7-18(26)8-6-17;/h5-8,15-16,24,41H,4,9-14,18-19H2,1-3H3;5-8,13-14,28H,4,9-12H2,1-3H3;1H4/t24-;;/m0../s1. The molecule has 0 aliphatic carbocycles. The average molecular weight is 1090 g/mol. The summed E-state index contributed by atoms with van der Waals surface area (Å²) in [4.78, 5) is 36.0. The molecule has 21 heteroatoms. The number of carbonyl (C=O) groups excluding carboxylic acids is 1. The van der Waals surface area contributed by atoms with Gasteiger partial charge in [0.2, 0.25) is 5.91 Å². The van der Waals surface area contributed by atoms with E-state index < -0.39 is 6.10 Å². The van der Waals surface area contributed by atoms with E-state index in [2.05, 4.69) is 84.1 Å². The number of piperazine rings is 2. The van der Waals surface area contributed by atoms with Gasteiger partial charge in [0.1, 0.15) is 44.9 Å². The molecule has 17 nitrogen and oxygen atoms in total. The number of likely N-dealkylation sites (tertiary alicyclic amines) is 1. The largest absolute Gasteiger partial charge is 0.391 e. The minimum Gasteiger partial charge on any atom is -0.391 e. The van der Waals surface area contributed by atoms with Crippen molar-refractivity contribution in [2.45, 2.75) is 60.5 Å². The summed E-state index contributed by atoms with van der Waals surface area (Å²) in [5.74, 6) is -0.562. The number of hydrogen-bond acceptors (Lipinski definition) is 16. The molecule has 3 aliphatic heterocycles. The van der Waals surface area contributed by atoms with Gasteiger partial charge in [-0.2, -0.15) is 20.7 Å². The number of thiazole rings is 2. The molecular formula is C57H65F2N15O2S2. The van der Waals surface area contributed by atoms with Crippen molar-refractivity contribution in [3.8, 4) is 34.7 Å². The zero-order valence-corrected chi connectivity index (χ0v) is 45.7. The second kappa shape index (κ2) is 23.6. The quantitative estimate of drug-likeness (QED) is 0.119. The number of benzene rings is 2. The molecule has 0 unspecified atom stereocenters. The lowest BCUT2D eigenvalue weighted by atomic mass is 10.1. The van der Waals surface area contributed by atoms with Crippen LogP contribution in [0, 0.1) is 48.1 Å². The second-order valence-electron chi connectivity index (χ2n) is 19.6. The third kappa shape index (κ3) is 11.1. The zero-order valence-electron chi connectivity index (χ0n) is 44.1. The van der Waals surface area contributed by atoms with Gasteiger partial charge in [-0.05, 0) is 106 Å². The lowest BCUT2D eigenvalue weighted by Gasteiger charge is -2.36. The first-order chi connectivity index (χ1) is 37.2. The predicted octanol–water partition coefficient (Wildman–Crippen LogP) is 8.98. The highest BCUT2D eigenvalue weighted by molar-refractivity contribution is 7.17. The first-order valence-corrected chi connectivity index (χ1v) is 27.6. The van der Waals surface area contributed by atoms with Gasteiger partial charge in [0.25, 0.3) is 0 Å². The lowest BCUT2D eigenvalue weighted by molar-refractivity contribution is -0.131. The van der Waals surface area contributed by atoms with Crippen molar-refractivity contribution in [2.24, 2.45) is 0 Å². The van der Waals surface area contributed by atoms with Crippen LogP contribution in [-0.2, 0) is 17.6 Å². The smallest absolute Gasteiger partial charge is 0.236 e. The van der Waals surface area contributed by atoms with Gasteiger partial charge >= 0.3 is 0 Å². The van der Waals surface area contributed by atoms with E-state index >= 15 is 0 Å². The number of nitriles is 2. The van der Waals surface area contributed by atoms with Crippen molar-refractivity contribution in [1.29, 1.82) is 10.5 Å². The Kier molecular flexibility index (Phi) is 16.7. The van der Waals surface area contributed by atoms with Crippen LogP contribution >= 0.6 is 22.7 Å². The Labute approximate surface area is 461 Å². The van der Waals surface area contributed by atoms with Crippen LogP contribution in [0.15, 0.2) is 72.8 Å². The number of amides is 1. The third-order valence-electron chi connectivity index (χ3n) is 14.6. The maximum atomic E-state index is 13.5. The van der Waals surface area contributed by atoms with Crippen LogP contribution in [0.5, 0.6) is 0 Å². The topological polar surface area (TPSA) is 177 Å². The molecule has 406 valence electrons. The molecular weight excluding hydrogens is 1030 g/mol. The van der Waals surface area contributed by atoms with Crippen molar-refractivity contribution in [1.82, 2.24) is 44.3 Å². The molecule has 6 aromatic heterocycles. The molecule has 2 N–H and O–H groups in total. The monoisotopic (exact) mass is 1090 g/mol. The Balaban J connectivity index is 0.000000192. The van der Waals surface area contributed by atoms with Crippen LogP contribution in [0.3, 0.4) is 0 Å². The Hall–Kier alpha value is -7.53. The number of β-amino-alcohol motifs (C(OH)–C–C–N with tert-alkyl or cyclic N) is 1. The molecule has 2 aromatic carbocycles. The molecule has 11 rings (SSSR count). The number of fused-ring (bicyclic) bond motifs is 2. The highest BCUT2D eigenvalue weighted by atomic mass is 32.1.